The molecule has 0 fully saturated rings. The van der Waals surface area contributed by atoms with Crippen LogP contribution in [0.15, 0.2) is 0 Å². The first kappa shape index (κ1) is 7.98. The van der Waals surface area contributed by atoms with Gasteiger partial charge in [-0.05, 0) is 13.1 Å². The topological polar surface area (TPSA) is 26.3 Å². The molecule has 0 amide bonds. The maximum Gasteiger partial charge on any atom is 0.345 e. The van der Waals surface area contributed by atoms with Crippen molar-refractivity contribution in [2.45, 2.75) is 20.0 Å². The predicted octanol–water partition coefficient (Wildman–Crippen LogP) is 1.49. The Morgan fingerprint density at radius 2 is 2.00 bits per heavy atom. The van der Waals surface area contributed by atoms with Crippen LogP contribution in [0.25, 0.3) is 0 Å². The summed E-state index contributed by atoms with van der Waals surface area (Å²) in [7, 11) is -2.10. The molecule has 2 nitrogen and oxygen atoms in total. The lowest BCUT2D eigenvalue weighted by Crippen LogP contribution is -2.24. The van der Waals surface area contributed by atoms with Crippen molar-refractivity contribution in [3.63, 3.8) is 0 Å². The highest BCUT2D eigenvalue weighted by Crippen LogP contribution is 2.08. The van der Waals surface area contributed by atoms with Crippen LogP contribution in [0, 0.1) is 0 Å². The van der Waals surface area contributed by atoms with Gasteiger partial charge < -0.3 is 4.43 Å². The second-order valence-electron chi connectivity index (χ2n) is 1.96. The Morgan fingerprint density at radius 3 is 2.00 bits per heavy atom. The van der Waals surface area contributed by atoms with Gasteiger partial charge in [0, 0.05) is 6.92 Å². The average molecular weight is 153 g/mol. The Balaban J connectivity index is 3.55. The quantitative estimate of drug-likeness (QED) is 0.421. The minimum absolute atomic E-state index is 0.295. The van der Waals surface area contributed by atoms with E-state index < -0.39 is 7.63 Å². The maximum absolute atomic E-state index is 10.2. The van der Waals surface area contributed by atoms with E-state index in [1.807, 2.05) is 0 Å². The first-order valence-corrected chi connectivity index (χ1v) is 6.22. The zero-order valence-electron chi connectivity index (χ0n) is 5.19. The van der Waals surface area contributed by atoms with Gasteiger partial charge in [0.25, 0.3) is 5.97 Å². The summed E-state index contributed by atoms with van der Waals surface area (Å²) >= 11 is 5.62. The van der Waals surface area contributed by atoms with Gasteiger partial charge in [-0.2, -0.15) is 0 Å². The Kier molecular flexibility index (Phi) is 2.50. The summed E-state index contributed by atoms with van der Waals surface area (Å²) in [6.45, 7) is 4.85. The van der Waals surface area contributed by atoms with Gasteiger partial charge in [-0.25, -0.2) is 0 Å². The minimum atomic E-state index is -2.10. The van der Waals surface area contributed by atoms with Gasteiger partial charge in [-0.1, -0.05) is 0 Å². The minimum Gasteiger partial charge on any atom is -0.505 e. The summed E-state index contributed by atoms with van der Waals surface area (Å²) in [5.74, 6) is -0.295. The van der Waals surface area contributed by atoms with E-state index in [0.717, 1.165) is 0 Å². The zero-order valence-corrected chi connectivity index (χ0v) is 6.95. The molecule has 0 radical (unpaired) electrons. The summed E-state index contributed by atoms with van der Waals surface area (Å²) in [6.07, 6.45) is 0. The van der Waals surface area contributed by atoms with Crippen LogP contribution in [0.2, 0.25) is 13.1 Å². The van der Waals surface area contributed by atoms with E-state index in [9.17, 15) is 4.79 Å². The van der Waals surface area contributed by atoms with Crippen LogP contribution in [-0.4, -0.2) is 13.6 Å². The Hall–Kier alpha value is -0.0231. The highest BCUT2D eigenvalue weighted by Gasteiger charge is 2.20. The number of hydrogen-bond donors (Lipinski definition) is 0. The summed E-state index contributed by atoms with van der Waals surface area (Å²) < 4.78 is 4.70. The first-order valence-electron chi connectivity index (χ1n) is 2.30. The highest BCUT2D eigenvalue weighted by atomic mass is 35.6. The monoisotopic (exact) mass is 152 g/mol. The van der Waals surface area contributed by atoms with Gasteiger partial charge in [0.15, 0.2) is 0 Å². The van der Waals surface area contributed by atoms with Crippen molar-refractivity contribution in [3.8, 4) is 0 Å². The van der Waals surface area contributed by atoms with Crippen molar-refractivity contribution in [3.05, 3.63) is 0 Å². The lowest BCUT2D eigenvalue weighted by atomic mass is 10.9. The largest absolute Gasteiger partial charge is 0.505 e. The molecule has 8 heavy (non-hydrogen) atoms. The van der Waals surface area contributed by atoms with E-state index in [4.69, 9.17) is 15.5 Å². The van der Waals surface area contributed by atoms with Crippen molar-refractivity contribution in [2.75, 3.05) is 0 Å². The Morgan fingerprint density at radius 1 is 1.62 bits per heavy atom. The summed E-state index contributed by atoms with van der Waals surface area (Å²) in [5.41, 5.74) is 0. The molecule has 0 saturated carbocycles. The molecule has 0 aromatic carbocycles. The van der Waals surface area contributed by atoms with Crippen LogP contribution >= 0.6 is 11.1 Å². The molecule has 0 aliphatic rings. The van der Waals surface area contributed by atoms with Crippen LogP contribution in [0.1, 0.15) is 6.92 Å². The fourth-order valence-corrected chi connectivity index (χ4v) is 1.35. The summed E-state index contributed by atoms with van der Waals surface area (Å²) in [5, 5.41) is 0. The molecule has 0 rings (SSSR count). The standard InChI is InChI=1S/C4H9ClO2Si/c1-4(6)7-8(2,3)5/h1-3H3. The molecule has 0 saturated heterocycles. The van der Waals surface area contributed by atoms with E-state index in [2.05, 4.69) is 0 Å². The number of halogens is 1. The van der Waals surface area contributed by atoms with Crippen molar-refractivity contribution in [1.29, 1.82) is 0 Å². The van der Waals surface area contributed by atoms with E-state index in [0.29, 0.717) is 0 Å². The second kappa shape index (κ2) is 2.50. The van der Waals surface area contributed by atoms with Crippen LogP contribution in [0.3, 0.4) is 0 Å². The van der Waals surface area contributed by atoms with Crippen molar-refractivity contribution < 1.29 is 9.22 Å². The van der Waals surface area contributed by atoms with Crippen LogP contribution in [0.5, 0.6) is 0 Å². The Labute approximate surface area is 54.6 Å². The molecule has 4 heteroatoms. The predicted molar refractivity (Wildman–Crippen MR) is 35.1 cm³/mol. The SMILES string of the molecule is CC(=O)O[Si](C)(C)Cl. The molecule has 0 atom stereocenters. The van der Waals surface area contributed by atoms with Crippen molar-refractivity contribution in [2.24, 2.45) is 0 Å². The lowest BCUT2D eigenvalue weighted by molar-refractivity contribution is -0.132. The van der Waals surface area contributed by atoms with Crippen LogP contribution in [0.4, 0.5) is 0 Å². The second-order valence-corrected chi connectivity index (χ2v) is 7.62. The molecule has 0 unspecified atom stereocenters. The molecule has 0 aliphatic heterocycles. The molecule has 0 heterocycles. The average Bonchev–Trinajstić information content (AvgIpc) is 1.21. The molecule has 48 valence electrons. The highest BCUT2D eigenvalue weighted by molar-refractivity contribution is 7.15. The fraction of sp³-hybridized carbons (Fsp3) is 0.750. The third-order valence-electron chi connectivity index (χ3n) is 0.386. The van der Waals surface area contributed by atoms with Crippen LogP contribution < -0.4 is 0 Å². The molecule has 0 spiro atoms. The number of carbonyl (C=O) groups is 1. The van der Waals surface area contributed by atoms with E-state index in [1.165, 1.54) is 6.92 Å². The van der Waals surface area contributed by atoms with Crippen molar-refractivity contribution in [1.82, 2.24) is 0 Å². The fourth-order valence-electron chi connectivity index (χ4n) is 0.342. The van der Waals surface area contributed by atoms with Crippen LogP contribution in [-0.2, 0) is 9.22 Å². The number of rotatable bonds is 1. The van der Waals surface area contributed by atoms with Gasteiger partial charge in [0.2, 0.25) is 0 Å². The van der Waals surface area contributed by atoms with Crippen molar-refractivity contribution >= 4 is 24.7 Å². The lowest BCUT2D eigenvalue weighted by Gasteiger charge is -2.11. The molecule has 0 aromatic rings. The third-order valence-corrected chi connectivity index (χ3v) is 1.39. The van der Waals surface area contributed by atoms with Gasteiger partial charge >= 0.3 is 7.63 Å². The molecular formula is C4H9ClO2Si. The molecule has 0 bridgehead atoms. The maximum atomic E-state index is 10.2. The van der Waals surface area contributed by atoms with Gasteiger partial charge in [-0.3, -0.25) is 4.79 Å². The smallest absolute Gasteiger partial charge is 0.345 e. The summed E-state index contributed by atoms with van der Waals surface area (Å²) in [6, 6.07) is 0. The number of carbonyl (C=O) groups excluding carboxylic acids is 1. The van der Waals surface area contributed by atoms with E-state index >= 15 is 0 Å². The molecule has 0 aliphatic carbocycles. The number of hydrogen-bond acceptors (Lipinski definition) is 2. The van der Waals surface area contributed by atoms with E-state index in [-0.39, 0.29) is 5.97 Å². The molecular weight excluding hydrogens is 144 g/mol. The van der Waals surface area contributed by atoms with Gasteiger partial charge in [-0.15, -0.1) is 11.1 Å². The zero-order chi connectivity index (χ0) is 6.78. The normalized spacial score (nSPS) is 11.0. The van der Waals surface area contributed by atoms with Gasteiger partial charge in [0.1, 0.15) is 0 Å². The Bertz CT molecular complexity index is 96.7. The van der Waals surface area contributed by atoms with Gasteiger partial charge in [0.05, 0.1) is 0 Å². The molecule has 0 aromatic heterocycles. The van der Waals surface area contributed by atoms with E-state index in [1.54, 1.807) is 13.1 Å². The third kappa shape index (κ3) is 5.98. The molecule has 0 N–H and O–H groups in total. The summed E-state index contributed by atoms with van der Waals surface area (Å²) in [4.78, 5) is 10.2. The first-order chi connectivity index (χ1) is 3.42.